The van der Waals surface area contributed by atoms with E-state index in [4.69, 9.17) is 4.74 Å². The molecular weight excluding hydrogens is 336 g/mol. The maximum Gasteiger partial charge on any atom is 0.318 e. The van der Waals surface area contributed by atoms with Crippen molar-refractivity contribution >= 4 is 5.82 Å². The van der Waals surface area contributed by atoms with Gasteiger partial charge < -0.3 is 10.1 Å². The van der Waals surface area contributed by atoms with Crippen LogP contribution in [0.2, 0.25) is 0 Å². The maximum atomic E-state index is 13.8. The molecule has 0 aliphatic rings. The molecular formula is C20H21F2N3O. The molecule has 1 aromatic heterocycles. The van der Waals surface area contributed by atoms with E-state index in [1.165, 1.54) is 0 Å². The quantitative estimate of drug-likeness (QED) is 0.645. The molecule has 0 radical (unpaired) electrons. The van der Waals surface area contributed by atoms with E-state index in [-0.39, 0.29) is 18.4 Å². The van der Waals surface area contributed by atoms with Crippen LogP contribution < -0.4 is 10.1 Å². The first kappa shape index (κ1) is 19.3. The van der Waals surface area contributed by atoms with Gasteiger partial charge in [0.25, 0.3) is 0 Å². The number of aromatic nitrogens is 2. The minimum absolute atomic E-state index is 0.0261. The van der Waals surface area contributed by atoms with Crippen molar-refractivity contribution in [1.29, 1.82) is 0 Å². The third kappa shape index (κ3) is 6.47. The van der Waals surface area contributed by atoms with E-state index in [0.29, 0.717) is 18.6 Å². The van der Waals surface area contributed by atoms with Gasteiger partial charge in [0.15, 0.2) is 11.6 Å². The van der Waals surface area contributed by atoms with E-state index in [1.807, 2.05) is 30.3 Å². The second-order valence-corrected chi connectivity index (χ2v) is 5.37. The van der Waals surface area contributed by atoms with Gasteiger partial charge in [-0.15, -0.1) is 0 Å². The third-order valence-corrected chi connectivity index (χ3v) is 3.42. The molecule has 0 spiro atoms. The fraction of sp³-hybridized carbons (Fsp3) is 0.200. The van der Waals surface area contributed by atoms with Crippen LogP contribution in [-0.4, -0.2) is 29.8 Å². The lowest BCUT2D eigenvalue weighted by Crippen LogP contribution is -2.11. The first-order chi connectivity index (χ1) is 12.7. The summed E-state index contributed by atoms with van der Waals surface area (Å²) in [6, 6.07) is 9.90. The molecule has 0 unspecified atom stereocenters. The van der Waals surface area contributed by atoms with Crippen LogP contribution in [0, 0.1) is 5.82 Å². The van der Waals surface area contributed by atoms with Crippen LogP contribution in [0.5, 0.6) is 6.01 Å². The molecule has 0 amide bonds. The normalized spacial score (nSPS) is 11.5. The van der Waals surface area contributed by atoms with Crippen molar-refractivity contribution in [3.05, 3.63) is 84.4 Å². The van der Waals surface area contributed by atoms with Crippen molar-refractivity contribution in [1.82, 2.24) is 9.97 Å². The summed E-state index contributed by atoms with van der Waals surface area (Å²) in [4.78, 5) is 7.82. The Bertz CT molecular complexity index is 761. The zero-order valence-electron chi connectivity index (χ0n) is 14.4. The van der Waals surface area contributed by atoms with Crippen molar-refractivity contribution in [3.63, 3.8) is 0 Å². The average Bonchev–Trinajstić information content (AvgIpc) is 2.67. The summed E-state index contributed by atoms with van der Waals surface area (Å²) < 4.78 is 32.3. The van der Waals surface area contributed by atoms with E-state index in [9.17, 15) is 8.78 Å². The average molecular weight is 357 g/mol. The van der Waals surface area contributed by atoms with Gasteiger partial charge in [-0.3, -0.25) is 0 Å². The van der Waals surface area contributed by atoms with Crippen molar-refractivity contribution in [2.45, 2.75) is 6.42 Å². The fourth-order valence-electron chi connectivity index (χ4n) is 2.07. The molecule has 1 heterocycles. The van der Waals surface area contributed by atoms with Crippen molar-refractivity contribution in [2.75, 3.05) is 25.1 Å². The lowest BCUT2D eigenvalue weighted by Gasteiger charge is -2.09. The zero-order chi connectivity index (χ0) is 18.6. The van der Waals surface area contributed by atoms with Crippen LogP contribution in [0.15, 0.2) is 73.0 Å². The van der Waals surface area contributed by atoms with E-state index in [0.717, 1.165) is 11.8 Å². The first-order valence-electron chi connectivity index (χ1n) is 8.19. The summed E-state index contributed by atoms with van der Waals surface area (Å²) in [5.41, 5.74) is 1.57. The lowest BCUT2D eigenvalue weighted by molar-refractivity contribution is 0.295. The molecule has 2 rings (SSSR count). The van der Waals surface area contributed by atoms with Gasteiger partial charge in [-0.2, -0.15) is 4.98 Å². The predicted molar refractivity (Wildman–Crippen MR) is 99.5 cm³/mol. The Kier molecular flexibility index (Phi) is 7.99. The second-order valence-electron chi connectivity index (χ2n) is 5.37. The minimum atomic E-state index is -0.651. The van der Waals surface area contributed by atoms with Crippen LogP contribution in [0.1, 0.15) is 5.56 Å². The molecule has 0 saturated heterocycles. The van der Waals surface area contributed by atoms with Crippen molar-refractivity contribution in [2.24, 2.45) is 0 Å². The lowest BCUT2D eigenvalue weighted by atomic mass is 10.2. The smallest absolute Gasteiger partial charge is 0.318 e. The number of halogens is 2. The summed E-state index contributed by atoms with van der Waals surface area (Å²) in [5.74, 6) is -0.651. The van der Waals surface area contributed by atoms with E-state index >= 15 is 0 Å². The largest absolute Gasteiger partial charge is 0.463 e. The summed E-state index contributed by atoms with van der Waals surface area (Å²) in [5, 5.41) is 2.77. The van der Waals surface area contributed by atoms with Crippen molar-refractivity contribution in [3.8, 4) is 6.01 Å². The molecule has 4 nitrogen and oxygen atoms in total. The molecule has 0 saturated carbocycles. The summed E-state index contributed by atoms with van der Waals surface area (Å²) >= 11 is 0. The standard InChI is InChI=1S/C20H21F2N3O/c1-2-3-5-10-17(13-21)14-23-19-18(22)15-24-20(25-19)26-12-11-16-8-6-4-7-9-16/h2-10,15H,1,11-14H2,(H,23,24,25)/b5-3-,17-10+. The van der Waals surface area contributed by atoms with Gasteiger partial charge in [0, 0.05) is 13.0 Å². The highest BCUT2D eigenvalue weighted by Gasteiger charge is 2.08. The molecule has 2 aromatic rings. The van der Waals surface area contributed by atoms with Gasteiger partial charge in [-0.25, -0.2) is 13.8 Å². The fourth-order valence-corrected chi connectivity index (χ4v) is 2.07. The van der Waals surface area contributed by atoms with Gasteiger partial charge in [0.1, 0.15) is 6.67 Å². The number of alkyl halides is 1. The van der Waals surface area contributed by atoms with Gasteiger partial charge in [-0.1, -0.05) is 61.2 Å². The molecule has 1 aromatic carbocycles. The highest BCUT2D eigenvalue weighted by atomic mass is 19.1. The van der Waals surface area contributed by atoms with E-state index < -0.39 is 12.5 Å². The topological polar surface area (TPSA) is 47.0 Å². The monoisotopic (exact) mass is 357 g/mol. The number of ether oxygens (including phenoxy) is 1. The van der Waals surface area contributed by atoms with E-state index in [2.05, 4.69) is 21.9 Å². The summed E-state index contributed by atoms with van der Waals surface area (Å²) in [7, 11) is 0. The number of rotatable bonds is 10. The van der Waals surface area contributed by atoms with Crippen LogP contribution in [0.25, 0.3) is 0 Å². The van der Waals surface area contributed by atoms with Crippen LogP contribution in [-0.2, 0) is 6.42 Å². The Hall–Kier alpha value is -3.02. The summed E-state index contributed by atoms with van der Waals surface area (Å²) in [6.07, 6.45) is 8.25. The Labute approximate surface area is 152 Å². The molecule has 26 heavy (non-hydrogen) atoms. The second kappa shape index (κ2) is 10.8. The molecule has 0 fully saturated rings. The number of allylic oxidation sites excluding steroid dienone is 4. The number of hydrogen-bond acceptors (Lipinski definition) is 4. The highest BCUT2D eigenvalue weighted by Crippen LogP contribution is 2.14. The zero-order valence-corrected chi connectivity index (χ0v) is 14.4. The molecule has 1 N–H and O–H groups in total. The summed E-state index contributed by atoms with van der Waals surface area (Å²) in [6.45, 7) is 3.38. The molecule has 0 aliphatic heterocycles. The van der Waals surface area contributed by atoms with Crippen LogP contribution in [0.4, 0.5) is 14.6 Å². The Morgan fingerprint density at radius 2 is 2.04 bits per heavy atom. The third-order valence-electron chi connectivity index (χ3n) is 3.42. The first-order valence-corrected chi connectivity index (χ1v) is 8.19. The maximum absolute atomic E-state index is 13.8. The number of nitrogens with zero attached hydrogens (tertiary/aromatic N) is 2. The number of anilines is 1. The molecule has 0 bridgehead atoms. The Morgan fingerprint density at radius 3 is 2.77 bits per heavy atom. The molecule has 136 valence electrons. The Morgan fingerprint density at radius 1 is 1.23 bits per heavy atom. The van der Waals surface area contributed by atoms with Gasteiger partial charge >= 0.3 is 6.01 Å². The molecule has 0 aliphatic carbocycles. The minimum Gasteiger partial charge on any atom is -0.463 e. The van der Waals surface area contributed by atoms with Crippen LogP contribution >= 0.6 is 0 Å². The van der Waals surface area contributed by atoms with Gasteiger partial charge in [0.05, 0.1) is 12.8 Å². The number of nitrogens with one attached hydrogen (secondary N) is 1. The molecule has 6 heteroatoms. The van der Waals surface area contributed by atoms with Gasteiger partial charge in [0.2, 0.25) is 0 Å². The highest BCUT2D eigenvalue weighted by molar-refractivity contribution is 5.38. The number of benzene rings is 1. The van der Waals surface area contributed by atoms with Crippen molar-refractivity contribution < 1.29 is 13.5 Å². The Balaban J connectivity index is 1.92. The predicted octanol–water partition coefficient (Wildman–Crippen LogP) is 4.29. The molecule has 0 atom stereocenters. The van der Waals surface area contributed by atoms with Crippen LogP contribution in [0.3, 0.4) is 0 Å². The number of hydrogen-bond donors (Lipinski definition) is 1. The van der Waals surface area contributed by atoms with Gasteiger partial charge in [-0.05, 0) is 11.1 Å². The SMILES string of the molecule is C=C/C=C\C=C(/CF)CNc1nc(OCCc2ccccc2)ncc1F. The van der Waals surface area contributed by atoms with E-state index in [1.54, 1.807) is 24.3 Å².